The SMILES string of the molecule is Cc1cc(C)c(C(=O)N2CCN(c3ccc(Cl)cc3Cl)C(c3ccc(Cl)cc3)C2)c(C)c1.O=C(C1CCCCC1)N1CCN(c2ccc(Cl)cc2Cl)C(c2ccc(Cl)cc2)C1.O=C(c1ccc(Oc2ccccc2)cc1)N1CCN(c2ccc(Cl)cc2Cl)C(c2ccc(Cl)cc2)C1.O=C(c1cccc(Oc2ccccc2)c1)N1CCN(c2ccc(Cl)cc2Cl)C(c2ccc(Cl)cc2)C1. The van der Waals surface area contributed by atoms with Crippen LogP contribution < -0.4 is 29.1 Å². The van der Waals surface area contributed by atoms with E-state index in [1.54, 1.807) is 42.5 Å². The van der Waals surface area contributed by atoms with Gasteiger partial charge in [0.25, 0.3) is 17.7 Å². The van der Waals surface area contributed by atoms with E-state index in [0.29, 0.717) is 161 Å². The molecule has 18 rings (SSSR count). The molecule has 4 aliphatic heterocycles. The van der Waals surface area contributed by atoms with E-state index in [4.69, 9.17) is 149 Å². The summed E-state index contributed by atoms with van der Waals surface area (Å²) in [5, 5.41) is 7.47. The maximum Gasteiger partial charge on any atom is 0.254 e. The van der Waals surface area contributed by atoms with Crippen molar-refractivity contribution < 1.29 is 28.7 Å². The van der Waals surface area contributed by atoms with Gasteiger partial charge in [-0.3, -0.25) is 19.2 Å². The average Bonchev–Trinajstić information content (AvgIpc) is 0.798. The lowest BCUT2D eigenvalue weighted by molar-refractivity contribution is -0.137. The summed E-state index contributed by atoms with van der Waals surface area (Å²) in [7, 11) is 0. The number of para-hydroxylation sites is 2. The van der Waals surface area contributed by atoms with Gasteiger partial charge in [-0.2, -0.15) is 0 Å². The summed E-state index contributed by atoms with van der Waals surface area (Å²) in [6.45, 7) is 13.3. The molecule has 1 saturated carbocycles. The van der Waals surface area contributed by atoms with Crippen LogP contribution in [-0.4, -0.2) is 122 Å². The molecule has 0 spiro atoms. The van der Waals surface area contributed by atoms with Gasteiger partial charge in [0.2, 0.25) is 5.91 Å². The van der Waals surface area contributed by atoms with E-state index in [1.807, 2.05) is 265 Å². The van der Waals surface area contributed by atoms with Crippen LogP contribution >= 0.6 is 139 Å². The van der Waals surface area contributed by atoms with Gasteiger partial charge in [-0.1, -0.05) is 267 Å². The van der Waals surface area contributed by atoms with Crippen molar-refractivity contribution in [2.45, 2.75) is 77.0 Å². The van der Waals surface area contributed by atoms with Crippen molar-refractivity contribution in [3.63, 3.8) is 0 Å². The zero-order valence-corrected chi connectivity index (χ0v) is 82.3. The summed E-state index contributed by atoms with van der Waals surface area (Å²) in [4.78, 5) is 70.5. The van der Waals surface area contributed by atoms with Gasteiger partial charge in [0.15, 0.2) is 0 Å². The van der Waals surface area contributed by atoms with Crippen LogP contribution in [-0.2, 0) is 4.79 Å². The molecule has 684 valence electrons. The van der Waals surface area contributed by atoms with Crippen molar-refractivity contribution >= 4 is 186 Å². The minimum Gasteiger partial charge on any atom is -0.457 e. The molecule has 0 aromatic heterocycles. The van der Waals surface area contributed by atoms with Crippen LogP contribution in [0.5, 0.6) is 23.0 Å². The Kier molecular flexibility index (Phi) is 33.4. The smallest absolute Gasteiger partial charge is 0.254 e. The highest BCUT2D eigenvalue weighted by atomic mass is 35.5. The predicted octanol–water partition coefficient (Wildman–Crippen LogP) is 30.2. The van der Waals surface area contributed by atoms with Gasteiger partial charge in [0.1, 0.15) is 23.0 Å². The number of nitrogens with zero attached hydrogens (tertiary/aromatic N) is 8. The molecule has 4 saturated heterocycles. The summed E-state index contributed by atoms with van der Waals surface area (Å²) in [6, 6.07) is 90.8. The number of carbonyl (C=O) groups excluding carboxylic acids is 4. The molecular weight excluding hydrogens is 1920 g/mol. The number of benzene rings is 13. The number of ether oxygens (including phenoxy) is 2. The summed E-state index contributed by atoms with van der Waals surface area (Å²) in [5.74, 6) is 3.26. The van der Waals surface area contributed by atoms with Gasteiger partial charge in [0.05, 0.1) is 67.0 Å². The molecule has 4 amide bonds. The van der Waals surface area contributed by atoms with Crippen LogP contribution in [0, 0.1) is 26.7 Å². The number of anilines is 4. The molecule has 5 aliphatic rings. The largest absolute Gasteiger partial charge is 0.457 e. The molecule has 1 aliphatic carbocycles. The third-order valence-corrected chi connectivity index (χ3v) is 27.7. The Bertz CT molecular complexity index is 6210. The summed E-state index contributed by atoms with van der Waals surface area (Å²) in [6.07, 6.45) is 5.62. The predicted molar refractivity (Wildman–Crippen MR) is 549 cm³/mol. The van der Waals surface area contributed by atoms with Crippen molar-refractivity contribution in [1.82, 2.24) is 19.6 Å². The van der Waals surface area contributed by atoms with Crippen molar-refractivity contribution in [2.24, 2.45) is 5.92 Å². The lowest BCUT2D eigenvalue weighted by atomic mass is 9.87. The van der Waals surface area contributed by atoms with Crippen LogP contribution in [0.3, 0.4) is 0 Å². The molecule has 13 aromatic rings. The number of hydrogen-bond acceptors (Lipinski definition) is 10. The Balaban J connectivity index is 0.000000136. The lowest BCUT2D eigenvalue weighted by Gasteiger charge is -2.44. The van der Waals surface area contributed by atoms with Gasteiger partial charge in [-0.05, 0) is 255 Å². The highest BCUT2D eigenvalue weighted by Crippen LogP contribution is 2.44. The summed E-state index contributed by atoms with van der Waals surface area (Å²) < 4.78 is 11.8. The first kappa shape index (κ1) is 97.6. The van der Waals surface area contributed by atoms with E-state index in [-0.39, 0.29) is 47.8 Å². The first-order chi connectivity index (χ1) is 64.2. The van der Waals surface area contributed by atoms with Gasteiger partial charge >= 0.3 is 0 Å². The third-order valence-electron chi connectivity index (χ3n) is 24.6. The molecule has 0 radical (unpaired) electrons. The molecule has 14 nitrogen and oxygen atoms in total. The third kappa shape index (κ3) is 24.8. The van der Waals surface area contributed by atoms with Gasteiger partial charge in [-0.15, -0.1) is 0 Å². The van der Waals surface area contributed by atoms with E-state index >= 15 is 0 Å². The van der Waals surface area contributed by atoms with Crippen molar-refractivity contribution in [3.8, 4) is 23.0 Å². The fourth-order valence-corrected chi connectivity index (χ4v) is 20.6. The second kappa shape index (κ2) is 45.6. The minimum absolute atomic E-state index is 0.0206. The van der Waals surface area contributed by atoms with Gasteiger partial charge < -0.3 is 48.7 Å². The maximum atomic E-state index is 13.6. The molecule has 133 heavy (non-hydrogen) atoms. The van der Waals surface area contributed by atoms with E-state index in [1.165, 1.54) is 6.42 Å². The minimum atomic E-state index is -0.109. The van der Waals surface area contributed by atoms with Crippen LogP contribution in [0.1, 0.15) is 126 Å². The number of hydrogen-bond donors (Lipinski definition) is 0. The lowest BCUT2D eigenvalue weighted by Crippen LogP contribution is -2.52. The molecular formula is C107H96Cl12N8O6. The zero-order chi connectivity index (χ0) is 93.5. The fourth-order valence-electron chi connectivity index (χ4n) is 18.0. The number of piperazine rings is 4. The summed E-state index contributed by atoms with van der Waals surface area (Å²) >= 11 is 75.3. The second-order valence-corrected chi connectivity index (χ2v) is 38.6. The zero-order valence-electron chi connectivity index (χ0n) is 73.2. The number of amides is 4. The normalized spacial score (nSPS) is 16.9. The number of aryl methyl sites for hydroxylation is 3. The average molecular weight is 2020 g/mol. The first-order valence-corrected chi connectivity index (χ1v) is 48.6. The number of rotatable bonds is 16. The molecule has 5 fully saturated rings. The van der Waals surface area contributed by atoms with E-state index in [9.17, 15) is 19.2 Å². The molecule has 4 atom stereocenters. The van der Waals surface area contributed by atoms with Crippen molar-refractivity contribution in [1.29, 1.82) is 0 Å². The Morgan fingerprint density at radius 1 is 0.271 bits per heavy atom. The molecule has 0 N–H and O–H groups in total. The van der Waals surface area contributed by atoms with Crippen LogP contribution in [0.15, 0.2) is 291 Å². The Labute approximate surface area is 837 Å². The van der Waals surface area contributed by atoms with E-state index in [2.05, 4.69) is 43.6 Å². The van der Waals surface area contributed by atoms with Crippen LogP contribution in [0.25, 0.3) is 0 Å². The number of carbonyl (C=O) groups is 4. The Morgan fingerprint density at radius 3 is 0.925 bits per heavy atom. The van der Waals surface area contributed by atoms with Gasteiger partial charge in [0, 0.05) is 141 Å². The summed E-state index contributed by atoms with van der Waals surface area (Å²) in [5.41, 5.74) is 13.1. The highest BCUT2D eigenvalue weighted by molar-refractivity contribution is 6.39. The quantitative estimate of drug-likeness (QED) is 0.0927. The van der Waals surface area contributed by atoms with Gasteiger partial charge in [-0.25, -0.2) is 0 Å². The van der Waals surface area contributed by atoms with Crippen LogP contribution in [0.2, 0.25) is 60.3 Å². The molecule has 26 heteroatoms. The molecule has 4 heterocycles. The Hall–Kier alpha value is -9.98. The molecule has 0 bridgehead atoms. The van der Waals surface area contributed by atoms with E-state index < -0.39 is 0 Å². The van der Waals surface area contributed by atoms with Crippen molar-refractivity contribution in [2.75, 3.05) is 98.1 Å². The standard InChI is InChI=1S/2C29H23Cl3N2O2.C26H25Cl3N2O.C23H25Cl3N2O/c30-22-11-9-20(10-12-22)28-19-33(15-16-34(28)27-14-13-23(31)18-26(27)32)29(35)21-5-4-8-25(17-21)36-24-6-2-1-3-7-24;30-22-10-6-20(7-11-22)28-19-33(16-17-34(28)27-15-12-23(31)18-26(27)32)29(35)21-8-13-25(14-9-21)36-24-4-2-1-3-5-24;1-16-12-17(2)25(18(3)13-16)26(32)30-10-11-31(23-9-8-21(28)14-22(23)29)24(15-30)19-4-6-20(27)7-5-19;24-18-8-6-16(7-9-18)22-15-27(23(29)17-4-2-1-3-5-17)12-13-28(22)21-11-10-19(25)14-20(21)26/h1-14,17-18,28H,15-16,19H2;1-15,18,28H,16-17,19H2;4-9,12-14,24H,10-11,15H2,1-3H3;6-11,14,17,22H,1-5,12-13,15H2. The highest BCUT2D eigenvalue weighted by Gasteiger charge is 2.39. The first-order valence-electron chi connectivity index (χ1n) is 44.0. The topological polar surface area (TPSA) is 113 Å². The maximum absolute atomic E-state index is 13.6. The van der Waals surface area contributed by atoms with Crippen molar-refractivity contribution in [3.05, 3.63) is 407 Å². The monoisotopic (exact) mass is 2010 g/mol. The number of halogens is 12. The van der Waals surface area contributed by atoms with E-state index in [0.717, 1.165) is 111 Å². The fraction of sp³-hybridized carbons (Fsp3) is 0.234. The Morgan fingerprint density at radius 2 is 0.571 bits per heavy atom. The van der Waals surface area contributed by atoms with Crippen LogP contribution in [0.4, 0.5) is 22.7 Å². The molecule has 13 aromatic carbocycles. The molecule has 4 unspecified atom stereocenters. The second-order valence-electron chi connectivity index (χ2n) is 33.5.